The normalized spacial score (nSPS) is 11.8. The van der Waals surface area contributed by atoms with E-state index in [4.69, 9.17) is 28.3 Å². The predicted octanol–water partition coefficient (Wildman–Crippen LogP) is 2.81. The molecular formula is C10H12BrCl2NO3S. The van der Waals surface area contributed by atoms with Gasteiger partial charge in [-0.3, -0.25) is 0 Å². The fourth-order valence-corrected chi connectivity index (χ4v) is 4.31. The highest BCUT2D eigenvalue weighted by molar-refractivity contribution is 9.10. The van der Waals surface area contributed by atoms with E-state index in [0.29, 0.717) is 17.3 Å². The van der Waals surface area contributed by atoms with Gasteiger partial charge in [-0.15, -0.1) is 0 Å². The molecule has 0 aliphatic heterocycles. The molecule has 0 radical (unpaired) electrons. The van der Waals surface area contributed by atoms with Crippen LogP contribution in [0.4, 0.5) is 0 Å². The molecular weight excluding hydrogens is 365 g/mol. The minimum absolute atomic E-state index is 0.0293. The van der Waals surface area contributed by atoms with E-state index in [1.54, 1.807) is 0 Å². The van der Waals surface area contributed by atoms with Crippen molar-refractivity contribution in [2.45, 2.75) is 17.7 Å². The minimum Gasteiger partial charge on any atom is -0.396 e. The number of unbranched alkanes of at least 4 members (excludes halogenated alkanes) is 1. The number of hydrogen-bond donors (Lipinski definition) is 2. The number of rotatable bonds is 6. The van der Waals surface area contributed by atoms with Crippen molar-refractivity contribution < 1.29 is 13.5 Å². The third-order valence-corrected chi connectivity index (χ3v) is 4.95. The summed E-state index contributed by atoms with van der Waals surface area (Å²) in [4.78, 5) is -0.127. The van der Waals surface area contributed by atoms with Crippen LogP contribution in [0.25, 0.3) is 0 Å². The molecule has 0 spiro atoms. The molecule has 1 aromatic carbocycles. The third-order valence-electron chi connectivity index (χ3n) is 2.11. The van der Waals surface area contributed by atoms with Crippen LogP contribution >= 0.6 is 39.1 Å². The largest absolute Gasteiger partial charge is 0.396 e. The maximum Gasteiger partial charge on any atom is 0.243 e. The summed E-state index contributed by atoms with van der Waals surface area (Å²) in [5, 5.41) is 8.73. The van der Waals surface area contributed by atoms with E-state index < -0.39 is 10.0 Å². The van der Waals surface area contributed by atoms with E-state index in [-0.39, 0.29) is 28.1 Å². The van der Waals surface area contributed by atoms with Gasteiger partial charge in [0.05, 0.1) is 10.0 Å². The molecule has 0 aliphatic rings. The second kappa shape index (κ2) is 7.07. The topological polar surface area (TPSA) is 66.4 Å². The molecule has 0 bridgehead atoms. The van der Waals surface area contributed by atoms with E-state index in [9.17, 15) is 8.42 Å². The molecule has 0 atom stereocenters. The lowest BCUT2D eigenvalue weighted by Gasteiger charge is -2.10. The summed E-state index contributed by atoms with van der Waals surface area (Å²) in [6.07, 6.45) is 1.08. The van der Waals surface area contributed by atoms with Crippen molar-refractivity contribution in [2.75, 3.05) is 13.2 Å². The predicted molar refractivity (Wildman–Crippen MR) is 75.7 cm³/mol. The Bertz CT molecular complexity index is 499. The van der Waals surface area contributed by atoms with Gasteiger partial charge in [0.1, 0.15) is 4.90 Å². The summed E-state index contributed by atoms with van der Waals surface area (Å²) < 4.78 is 27.0. The monoisotopic (exact) mass is 375 g/mol. The van der Waals surface area contributed by atoms with E-state index in [1.165, 1.54) is 12.1 Å². The molecule has 8 heteroatoms. The zero-order valence-corrected chi connectivity index (χ0v) is 13.2. The van der Waals surface area contributed by atoms with Gasteiger partial charge in [0.15, 0.2) is 0 Å². The Balaban J connectivity index is 2.92. The number of benzene rings is 1. The zero-order chi connectivity index (χ0) is 13.8. The molecule has 2 N–H and O–H groups in total. The lowest BCUT2D eigenvalue weighted by atomic mass is 10.3. The molecule has 0 saturated heterocycles. The highest BCUT2D eigenvalue weighted by atomic mass is 79.9. The van der Waals surface area contributed by atoms with Gasteiger partial charge in [0.2, 0.25) is 10.0 Å². The summed E-state index contributed by atoms with van der Waals surface area (Å²) in [6.45, 7) is 0.257. The molecule has 0 heterocycles. The average molecular weight is 377 g/mol. The second-order valence-electron chi connectivity index (χ2n) is 3.53. The van der Waals surface area contributed by atoms with Crippen molar-refractivity contribution >= 4 is 49.2 Å². The minimum atomic E-state index is -3.74. The second-order valence-corrected chi connectivity index (χ2v) is 6.96. The van der Waals surface area contributed by atoms with Gasteiger partial charge in [-0.2, -0.15) is 0 Å². The molecule has 1 aromatic rings. The van der Waals surface area contributed by atoms with Crippen LogP contribution in [0.2, 0.25) is 10.0 Å². The molecule has 0 fully saturated rings. The number of halogens is 3. The standard InChI is InChI=1S/C10H12BrCl2NO3S/c11-7-5-8(12)10(9(13)6-7)18(16,17)14-3-1-2-4-15/h5-6,14-15H,1-4H2. The summed E-state index contributed by atoms with van der Waals surface area (Å²) in [5.74, 6) is 0. The molecule has 4 nitrogen and oxygen atoms in total. The van der Waals surface area contributed by atoms with E-state index in [0.717, 1.165) is 0 Å². The van der Waals surface area contributed by atoms with E-state index in [2.05, 4.69) is 20.7 Å². The summed E-state index contributed by atoms with van der Waals surface area (Å²) in [7, 11) is -3.74. The van der Waals surface area contributed by atoms with Crippen LogP contribution in [0.5, 0.6) is 0 Å². The lowest BCUT2D eigenvalue weighted by Crippen LogP contribution is -2.25. The van der Waals surface area contributed by atoms with Crippen LogP contribution in [0.1, 0.15) is 12.8 Å². The summed E-state index contributed by atoms with van der Waals surface area (Å²) in [5.41, 5.74) is 0. The van der Waals surface area contributed by atoms with Crippen molar-refractivity contribution in [3.8, 4) is 0 Å². The van der Waals surface area contributed by atoms with Crippen molar-refractivity contribution in [2.24, 2.45) is 0 Å². The number of hydrogen-bond acceptors (Lipinski definition) is 3. The van der Waals surface area contributed by atoms with Crippen LogP contribution < -0.4 is 4.72 Å². The first-order chi connectivity index (χ1) is 8.38. The molecule has 0 aliphatic carbocycles. The highest BCUT2D eigenvalue weighted by Crippen LogP contribution is 2.32. The van der Waals surface area contributed by atoms with Crippen molar-refractivity contribution in [1.82, 2.24) is 4.72 Å². The number of sulfonamides is 1. The first-order valence-corrected chi connectivity index (χ1v) is 8.17. The Morgan fingerprint density at radius 2 is 1.78 bits per heavy atom. The zero-order valence-electron chi connectivity index (χ0n) is 9.29. The Labute approximate surface area is 124 Å². The van der Waals surface area contributed by atoms with Crippen LogP contribution in [0, 0.1) is 0 Å². The Morgan fingerprint density at radius 1 is 1.22 bits per heavy atom. The van der Waals surface area contributed by atoms with Crippen LogP contribution in [-0.2, 0) is 10.0 Å². The van der Waals surface area contributed by atoms with Gasteiger partial charge < -0.3 is 5.11 Å². The van der Waals surface area contributed by atoms with Crippen molar-refractivity contribution in [3.63, 3.8) is 0 Å². The molecule has 1 rings (SSSR count). The maximum atomic E-state index is 12.0. The molecule has 0 unspecified atom stereocenters. The summed E-state index contributed by atoms with van der Waals surface area (Å²) in [6, 6.07) is 2.94. The van der Waals surface area contributed by atoms with Gasteiger partial charge in [-0.1, -0.05) is 39.1 Å². The van der Waals surface area contributed by atoms with Gasteiger partial charge in [-0.05, 0) is 25.0 Å². The fourth-order valence-electron chi connectivity index (χ4n) is 1.30. The van der Waals surface area contributed by atoms with E-state index in [1.807, 2.05) is 0 Å². The maximum absolute atomic E-state index is 12.0. The molecule has 18 heavy (non-hydrogen) atoms. The van der Waals surface area contributed by atoms with Gasteiger partial charge in [-0.25, -0.2) is 13.1 Å². The van der Waals surface area contributed by atoms with Gasteiger partial charge in [0, 0.05) is 17.6 Å². The molecule has 0 saturated carbocycles. The summed E-state index contributed by atoms with van der Waals surface area (Å²) >= 11 is 14.9. The third kappa shape index (κ3) is 4.36. The smallest absolute Gasteiger partial charge is 0.243 e. The van der Waals surface area contributed by atoms with Crippen LogP contribution in [0.15, 0.2) is 21.5 Å². The van der Waals surface area contributed by atoms with Gasteiger partial charge >= 0.3 is 0 Å². The number of aliphatic hydroxyl groups is 1. The highest BCUT2D eigenvalue weighted by Gasteiger charge is 2.21. The molecule has 102 valence electrons. The molecule has 0 amide bonds. The SMILES string of the molecule is O=S(=O)(NCCCCO)c1c(Cl)cc(Br)cc1Cl. The number of aliphatic hydroxyl groups excluding tert-OH is 1. The first-order valence-electron chi connectivity index (χ1n) is 5.13. The Morgan fingerprint density at radius 3 is 2.28 bits per heavy atom. The van der Waals surface area contributed by atoms with Crippen molar-refractivity contribution in [3.05, 3.63) is 26.7 Å². The average Bonchev–Trinajstić information content (AvgIpc) is 2.22. The van der Waals surface area contributed by atoms with Gasteiger partial charge in [0.25, 0.3) is 0 Å². The quantitative estimate of drug-likeness (QED) is 0.750. The van der Waals surface area contributed by atoms with Crippen LogP contribution in [0.3, 0.4) is 0 Å². The molecule has 0 aromatic heterocycles. The van der Waals surface area contributed by atoms with Crippen molar-refractivity contribution in [1.29, 1.82) is 0 Å². The first kappa shape index (κ1) is 16.2. The lowest BCUT2D eigenvalue weighted by molar-refractivity contribution is 0.285. The van der Waals surface area contributed by atoms with Crippen LogP contribution in [-0.4, -0.2) is 26.7 Å². The fraction of sp³-hybridized carbons (Fsp3) is 0.400. The Hall–Kier alpha value is 0.150. The Kier molecular flexibility index (Phi) is 6.37. The van der Waals surface area contributed by atoms with E-state index >= 15 is 0 Å². The number of nitrogens with one attached hydrogen (secondary N) is 1.